The van der Waals surface area contributed by atoms with Crippen molar-refractivity contribution in [3.05, 3.63) is 17.5 Å². The average molecular weight is 364 g/mol. The van der Waals surface area contributed by atoms with E-state index in [0.717, 1.165) is 25.2 Å². The first-order chi connectivity index (χ1) is 12.5. The van der Waals surface area contributed by atoms with Crippen LogP contribution >= 0.6 is 0 Å². The van der Waals surface area contributed by atoms with Gasteiger partial charge in [-0.05, 0) is 26.3 Å². The molecule has 1 amide bonds. The number of morpholine rings is 1. The summed E-state index contributed by atoms with van der Waals surface area (Å²) in [6.07, 6.45) is 1.14. The number of amides is 1. The Hall–Kier alpha value is -1.93. The Kier molecular flexibility index (Phi) is 5.93. The molecule has 2 aliphatic rings. The van der Waals surface area contributed by atoms with Crippen LogP contribution in [-0.4, -0.2) is 77.0 Å². The highest BCUT2D eigenvalue weighted by Crippen LogP contribution is 2.18. The molecule has 2 aliphatic heterocycles. The third-order valence-corrected chi connectivity index (χ3v) is 5.06. The molecule has 26 heavy (non-hydrogen) atoms. The molecule has 0 unspecified atom stereocenters. The van der Waals surface area contributed by atoms with Crippen LogP contribution in [0.15, 0.2) is 6.07 Å². The molecule has 1 aromatic heterocycles. The predicted octanol–water partition coefficient (Wildman–Crippen LogP) is 0.901. The van der Waals surface area contributed by atoms with Crippen LogP contribution in [0, 0.1) is 0 Å². The molecule has 0 radical (unpaired) electrons. The molecular formula is C18H28N4O4. The van der Waals surface area contributed by atoms with Crippen LogP contribution in [0.5, 0.6) is 0 Å². The number of esters is 1. The van der Waals surface area contributed by atoms with Crippen LogP contribution in [0.4, 0.5) is 0 Å². The number of carbonyl (C=O) groups is 2. The Morgan fingerprint density at radius 3 is 2.88 bits per heavy atom. The maximum Gasteiger partial charge on any atom is 0.358 e. The number of aromatic nitrogens is 2. The van der Waals surface area contributed by atoms with Crippen molar-refractivity contribution in [2.24, 2.45) is 0 Å². The molecule has 144 valence electrons. The second-order valence-electron chi connectivity index (χ2n) is 7.19. The van der Waals surface area contributed by atoms with Gasteiger partial charge in [0.05, 0.1) is 38.5 Å². The molecule has 8 heteroatoms. The highest BCUT2D eigenvalue weighted by Gasteiger charge is 2.28. The van der Waals surface area contributed by atoms with Crippen molar-refractivity contribution < 1.29 is 19.1 Å². The van der Waals surface area contributed by atoms with Crippen LogP contribution in [-0.2, 0) is 27.4 Å². The maximum atomic E-state index is 12.8. The fourth-order valence-electron chi connectivity index (χ4n) is 3.54. The minimum absolute atomic E-state index is 0.0579. The zero-order chi connectivity index (χ0) is 18.7. The summed E-state index contributed by atoms with van der Waals surface area (Å²) < 4.78 is 12.3. The van der Waals surface area contributed by atoms with Gasteiger partial charge < -0.3 is 14.4 Å². The molecule has 3 heterocycles. The zero-order valence-electron chi connectivity index (χ0n) is 15.8. The number of hydrogen-bond donors (Lipinski definition) is 0. The third kappa shape index (κ3) is 4.24. The first-order valence-electron chi connectivity index (χ1n) is 9.26. The zero-order valence-corrected chi connectivity index (χ0v) is 15.8. The van der Waals surface area contributed by atoms with E-state index >= 15 is 0 Å². The van der Waals surface area contributed by atoms with E-state index in [2.05, 4.69) is 23.8 Å². The van der Waals surface area contributed by atoms with Gasteiger partial charge in [-0.3, -0.25) is 14.4 Å². The number of ether oxygens (including phenoxy) is 2. The fraction of sp³-hybridized carbons (Fsp3) is 0.722. The summed E-state index contributed by atoms with van der Waals surface area (Å²) in [5.74, 6) is -0.359. The van der Waals surface area contributed by atoms with Gasteiger partial charge in [-0.2, -0.15) is 5.10 Å². The van der Waals surface area contributed by atoms with Crippen molar-refractivity contribution in [1.82, 2.24) is 19.6 Å². The Bertz CT molecular complexity index is 658. The Labute approximate surface area is 154 Å². The van der Waals surface area contributed by atoms with E-state index in [4.69, 9.17) is 9.47 Å². The molecule has 1 atom stereocenters. The maximum absolute atomic E-state index is 12.8. The van der Waals surface area contributed by atoms with Gasteiger partial charge in [0.15, 0.2) is 5.69 Å². The molecule has 1 saturated heterocycles. The molecule has 1 fully saturated rings. The lowest BCUT2D eigenvalue weighted by Gasteiger charge is -2.36. The quantitative estimate of drug-likeness (QED) is 0.739. The van der Waals surface area contributed by atoms with E-state index in [9.17, 15) is 9.59 Å². The highest BCUT2D eigenvalue weighted by molar-refractivity contribution is 5.87. The summed E-state index contributed by atoms with van der Waals surface area (Å²) in [6, 6.07) is 2.18. The second kappa shape index (κ2) is 8.18. The van der Waals surface area contributed by atoms with Crippen molar-refractivity contribution in [2.45, 2.75) is 51.9 Å². The van der Waals surface area contributed by atoms with Gasteiger partial charge in [0.25, 0.3) is 0 Å². The van der Waals surface area contributed by atoms with Gasteiger partial charge in [-0.25, -0.2) is 4.79 Å². The molecular weight excluding hydrogens is 336 g/mol. The lowest BCUT2D eigenvalue weighted by atomic mass is 10.1. The number of carbonyl (C=O) groups excluding carboxylic acids is 2. The van der Waals surface area contributed by atoms with Crippen molar-refractivity contribution >= 4 is 11.9 Å². The normalized spacial score (nSPS) is 21.4. The van der Waals surface area contributed by atoms with Gasteiger partial charge in [-0.1, -0.05) is 0 Å². The number of hydrogen-bond acceptors (Lipinski definition) is 6. The highest BCUT2D eigenvalue weighted by atomic mass is 16.5. The second-order valence-corrected chi connectivity index (χ2v) is 7.19. The Morgan fingerprint density at radius 1 is 1.35 bits per heavy atom. The molecule has 3 rings (SSSR count). The van der Waals surface area contributed by atoms with Crippen LogP contribution in [0.1, 0.15) is 42.9 Å². The first kappa shape index (κ1) is 18.8. The largest absolute Gasteiger partial charge is 0.464 e. The van der Waals surface area contributed by atoms with Gasteiger partial charge in [-0.15, -0.1) is 0 Å². The molecule has 0 aliphatic carbocycles. The van der Waals surface area contributed by atoms with Crippen LogP contribution in [0.25, 0.3) is 0 Å². The average Bonchev–Trinajstić information content (AvgIpc) is 2.92. The summed E-state index contributed by atoms with van der Waals surface area (Å²) in [7, 11) is 1.34. The lowest BCUT2D eigenvalue weighted by Crippen LogP contribution is -2.47. The van der Waals surface area contributed by atoms with Gasteiger partial charge in [0.2, 0.25) is 5.91 Å². The Morgan fingerprint density at radius 2 is 2.15 bits per heavy atom. The van der Waals surface area contributed by atoms with Crippen LogP contribution in [0.2, 0.25) is 0 Å². The van der Waals surface area contributed by atoms with Gasteiger partial charge >= 0.3 is 5.97 Å². The monoisotopic (exact) mass is 364 g/mol. The summed E-state index contributed by atoms with van der Waals surface area (Å²) in [6.45, 7) is 8.56. The van der Waals surface area contributed by atoms with Gasteiger partial charge in [0, 0.05) is 32.2 Å². The fourth-order valence-corrected chi connectivity index (χ4v) is 3.54. The number of nitrogens with zero attached hydrogens (tertiary/aromatic N) is 4. The number of aryl methyl sites for hydroxylation is 1. The number of methoxy groups -OCH3 is 1. The summed E-state index contributed by atoms with van der Waals surface area (Å²) in [5, 5.41) is 4.29. The SMILES string of the molecule is COC(=O)c1cc2n(n1)CCCN(C(=O)C[C@H]1CN(C(C)C)CCO1)C2. The molecule has 0 saturated carbocycles. The minimum Gasteiger partial charge on any atom is -0.464 e. The van der Waals surface area contributed by atoms with E-state index in [1.54, 1.807) is 10.7 Å². The van der Waals surface area contributed by atoms with E-state index in [-0.39, 0.29) is 12.0 Å². The number of rotatable bonds is 4. The third-order valence-electron chi connectivity index (χ3n) is 5.06. The van der Waals surface area contributed by atoms with Crippen molar-refractivity contribution in [1.29, 1.82) is 0 Å². The minimum atomic E-state index is -0.451. The molecule has 0 spiro atoms. The first-order valence-corrected chi connectivity index (χ1v) is 9.26. The van der Waals surface area contributed by atoms with E-state index < -0.39 is 5.97 Å². The van der Waals surface area contributed by atoms with Gasteiger partial charge in [0.1, 0.15) is 0 Å². The molecule has 0 N–H and O–H groups in total. The van der Waals surface area contributed by atoms with E-state index in [1.807, 2.05) is 4.90 Å². The standard InChI is InChI=1S/C18H28N4O4/c1-13(2)20-7-8-26-15(12-20)10-17(23)21-5-4-6-22-14(11-21)9-16(19-22)18(24)25-3/h9,13,15H,4-8,10-12H2,1-3H3/t15-/m0/s1. The molecule has 8 nitrogen and oxygen atoms in total. The van der Waals surface area contributed by atoms with E-state index in [1.165, 1.54) is 7.11 Å². The molecule has 1 aromatic rings. The predicted molar refractivity (Wildman–Crippen MR) is 94.7 cm³/mol. The number of fused-ring (bicyclic) bond motifs is 1. The van der Waals surface area contributed by atoms with Crippen molar-refractivity contribution in [2.75, 3.05) is 33.4 Å². The molecule has 0 bridgehead atoms. The van der Waals surface area contributed by atoms with Crippen molar-refractivity contribution in [3.63, 3.8) is 0 Å². The summed E-state index contributed by atoms with van der Waals surface area (Å²) in [4.78, 5) is 28.7. The van der Waals surface area contributed by atoms with Crippen LogP contribution in [0.3, 0.4) is 0 Å². The lowest BCUT2D eigenvalue weighted by molar-refractivity contribution is -0.137. The molecule has 0 aromatic carbocycles. The summed E-state index contributed by atoms with van der Waals surface area (Å²) in [5.41, 5.74) is 1.16. The smallest absolute Gasteiger partial charge is 0.358 e. The van der Waals surface area contributed by atoms with Crippen LogP contribution < -0.4 is 0 Å². The topological polar surface area (TPSA) is 76.9 Å². The summed E-state index contributed by atoms with van der Waals surface area (Å²) >= 11 is 0. The van der Waals surface area contributed by atoms with E-state index in [0.29, 0.717) is 44.4 Å². The Balaban J connectivity index is 1.63. The van der Waals surface area contributed by atoms with Crippen molar-refractivity contribution in [3.8, 4) is 0 Å².